The van der Waals surface area contributed by atoms with Crippen LogP contribution >= 0.6 is 11.3 Å². The summed E-state index contributed by atoms with van der Waals surface area (Å²) in [6.45, 7) is 0. The fraction of sp³-hybridized carbons (Fsp3) is 0. The second-order valence-electron chi connectivity index (χ2n) is 14.2. The first-order valence-corrected chi connectivity index (χ1v) is 19.8. The van der Waals surface area contributed by atoms with E-state index >= 15 is 0 Å². The zero-order valence-corrected chi connectivity index (χ0v) is 31.3. The molecule has 0 saturated carbocycles. The molecular weight excluding hydrogens is 699 g/mol. The molecule has 4 heteroatoms. The highest BCUT2D eigenvalue weighted by Gasteiger charge is 2.20. The molecule has 0 spiro atoms. The molecule has 0 unspecified atom stereocenters. The van der Waals surface area contributed by atoms with Gasteiger partial charge in [-0.15, -0.1) is 11.3 Å². The monoisotopic (exact) mass is 733 g/mol. The van der Waals surface area contributed by atoms with E-state index in [1.165, 1.54) is 52.8 Å². The lowest BCUT2D eigenvalue weighted by Gasteiger charge is -2.29. The highest BCUT2D eigenvalue weighted by Crippen LogP contribution is 2.44. The number of anilines is 6. The van der Waals surface area contributed by atoms with Gasteiger partial charge in [-0.1, -0.05) is 109 Å². The van der Waals surface area contributed by atoms with E-state index < -0.39 is 0 Å². The fourth-order valence-corrected chi connectivity index (χ4v) is 9.48. The summed E-state index contributed by atoms with van der Waals surface area (Å²) in [6.07, 6.45) is 0. The number of thiophene rings is 1. The number of benzene rings is 9. The number of rotatable bonds is 7. The van der Waals surface area contributed by atoms with Crippen molar-refractivity contribution in [2.24, 2.45) is 0 Å². The van der Waals surface area contributed by atoms with Crippen LogP contribution in [0.4, 0.5) is 34.1 Å². The Morgan fingerprint density at radius 2 is 0.821 bits per heavy atom. The summed E-state index contributed by atoms with van der Waals surface area (Å²) in [5.74, 6) is 0. The van der Waals surface area contributed by atoms with Gasteiger partial charge in [0.05, 0.1) is 11.0 Å². The summed E-state index contributed by atoms with van der Waals surface area (Å²) < 4.78 is 4.99. The molecule has 0 atom stereocenters. The minimum absolute atomic E-state index is 1.07. The van der Waals surface area contributed by atoms with Crippen molar-refractivity contribution in [1.29, 1.82) is 0 Å². The van der Waals surface area contributed by atoms with Crippen LogP contribution in [0, 0.1) is 0 Å². The quantitative estimate of drug-likeness (QED) is 0.162. The lowest BCUT2D eigenvalue weighted by atomic mass is 10.1. The van der Waals surface area contributed by atoms with Gasteiger partial charge in [-0.05, 0) is 114 Å². The Bertz CT molecular complexity index is 3200. The molecule has 0 fully saturated rings. The number of aromatic nitrogens is 1. The maximum atomic E-state index is 2.39. The Morgan fingerprint density at radius 3 is 1.54 bits per heavy atom. The predicted octanol–water partition coefficient (Wildman–Crippen LogP) is 15.2. The van der Waals surface area contributed by atoms with Crippen molar-refractivity contribution in [3.05, 3.63) is 212 Å². The summed E-state index contributed by atoms with van der Waals surface area (Å²) in [5, 5.41) is 7.59. The molecule has 0 aliphatic heterocycles. The Labute approximate surface area is 329 Å². The zero-order chi connectivity index (χ0) is 37.0. The maximum absolute atomic E-state index is 2.39. The van der Waals surface area contributed by atoms with Crippen LogP contribution in [0.1, 0.15) is 0 Å². The van der Waals surface area contributed by atoms with Gasteiger partial charge in [0.1, 0.15) is 0 Å². The first kappa shape index (κ1) is 32.3. The first-order valence-electron chi connectivity index (χ1n) is 19.0. The number of hydrogen-bond acceptors (Lipinski definition) is 3. The molecule has 0 saturated heterocycles. The van der Waals surface area contributed by atoms with Gasteiger partial charge in [0.25, 0.3) is 0 Å². The van der Waals surface area contributed by atoms with Crippen molar-refractivity contribution >= 4 is 98.2 Å². The fourth-order valence-electron chi connectivity index (χ4n) is 8.36. The van der Waals surface area contributed by atoms with Crippen molar-refractivity contribution in [3.8, 4) is 5.69 Å². The molecule has 11 rings (SSSR count). The van der Waals surface area contributed by atoms with Crippen molar-refractivity contribution in [3.63, 3.8) is 0 Å². The molecule has 0 amide bonds. The number of nitrogens with zero attached hydrogens (tertiary/aromatic N) is 3. The predicted molar refractivity (Wildman–Crippen MR) is 241 cm³/mol. The SMILES string of the molecule is c1ccc(N(c2cccc(N(c3ccccc3)c3ccc4c5ccccc5n(-c5ccccc5)c4c3)c2)c2ccc3sc4cc5ccccc5cc4c3c2)cc1. The second kappa shape index (κ2) is 13.3. The Morgan fingerprint density at radius 1 is 0.304 bits per heavy atom. The zero-order valence-electron chi connectivity index (χ0n) is 30.5. The molecular formula is C52H35N3S. The second-order valence-corrected chi connectivity index (χ2v) is 15.3. The Kier molecular flexibility index (Phi) is 7.68. The van der Waals surface area contributed by atoms with Gasteiger partial charge >= 0.3 is 0 Å². The van der Waals surface area contributed by atoms with E-state index in [9.17, 15) is 0 Å². The summed E-state index contributed by atoms with van der Waals surface area (Å²) in [4.78, 5) is 4.76. The number of hydrogen-bond donors (Lipinski definition) is 0. The molecule has 0 radical (unpaired) electrons. The summed E-state index contributed by atoms with van der Waals surface area (Å²) in [7, 11) is 0. The van der Waals surface area contributed by atoms with E-state index in [0.717, 1.165) is 39.8 Å². The van der Waals surface area contributed by atoms with Crippen molar-refractivity contribution < 1.29 is 0 Å². The normalized spacial score (nSPS) is 11.6. The summed E-state index contributed by atoms with van der Waals surface area (Å²) >= 11 is 1.86. The van der Waals surface area contributed by atoms with Crippen LogP contribution in [-0.4, -0.2) is 4.57 Å². The lowest BCUT2D eigenvalue weighted by Crippen LogP contribution is -2.13. The Hall–Kier alpha value is -7.14. The highest BCUT2D eigenvalue weighted by molar-refractivity contribution is 7.25. The van der Waals surface area contributed by atoms with Gasteiger partial charge < -0.3 is 14.4 Å². The molecule has 56 heavy (non-hydrogen) atoms. The highest BCUT2D eigenvalue weighted by atomic mass is 32.1. The molecule has 0 aliphatic rings. The topological polar surface area (TPSA) is 11.4 Å². The molecule has 3 nitrogen and oxygen atoms in total. The summed E-state index contributed by atoms with van der Waals surface area (Å²) in [5.41, 5.74) is 10.1. The smallest absolute Gasteiger partial charge is 0.0561 e. The van der Waals surface area contributed by atoms with Crippen molar-refractivity contribution in [2.45, 2.75) is 0 Å². The average molecular weight is 734 g/mol. The number of para-hydroxylation sites is 4. The van der Waals surface area contributed by atoms with Crippen LogP contribution in [0.2, 0.25) is 0 Å². The van der Waals surface area contributed by atoms with E-state index in [1.807, 2.05) is 11.3 Å². The summed E-state index contributed by atoms with van der Waals surface area (Å²) in [6, 6.07) is 76.9. The van der Waals surface area contributed by atoms with E-state index in [2.05, 4.69) is 227 Å². The van der Waals surface area contributed by atoms with Gasteiger partial charge in [0, 0.05) is 70.8 Å². The third-order valence-corrected chi connectivity index (χ3v) is 12.0. The van der Waals surface area contributed by atoms with E-state index in [1.54, 1.807) is 0 Å². The van der Waals surface area contributed by atoms with Crippen LogP contribution < -0.4 is 9.80 Å². The van der Waals surface area contributed by atoms with Gasteiger partial charge in [0.15, 0.2) is 0 Å². The molecule has 2 heterocycles. The van der Waals surface area contributed by atoms with Crippen LogP contribution in [0.3, 0.4) is 0 Å². The van der Waals surface area contributed by atoms with Crippen molar-refractivity contribution in [1.82, 2.24) is 4.57 Å². The third-order valence-electron chi connectivity index (χ3n) is 10.9. The maximum Gasteiger partial charge on any atom is 0.0561 e. The lowest BCUT2D eigenvalue weighted by molar-refractivity contribution is 1.18. The minimum Gasteiger partial charge on any atom is -0.310 e. The first-order chi connectivity index (χ1) is 27.8. The molecule has 0 bridgehead atoms. The largest absolute Gasteiger partial charge is 0.310 e. The van der Waals surface area contributed by atoms with E-state index in [0.29, 0.717) is 0 Å². The van der Waals surface area contributed by atoms with Crippen molar-refractivity contribution in [2.75, 3.05) is 9.80 Å². The van der Waals surface area contributed by atoms with Crippen LogP contribution in [-0.2, 0) is 0 Å². The third kappa shape index (κ3) is 5.42. The van der Waals surface area contributed by atoms with E-state index in [4.69, 9.17) is 0 Å². The molecule has 2 aromatic heterocycles. The molecule has 11 aromatic rings. The molecule has 264 valence electrons. The van der Waals surface area contributed by atoms with Crippen LogP contribution in [0.5, 0.6) is 0 Å². The molecule has 9 aromatic carbocycles. The van der Waals surface area contributed by atoms with Gasteiger partial charge in [0.2, 0.25) is 0 Å². The molecule has 0 N–H and O–H groups in total. The minimum atomic E-state index is 1.07. The van der Waals surface area contributed by atoms with Crippen LogP contribution in [0.15, 0.2) is 212 Å². The molecule has 0 aliphatic carbocycles. The van der Waals surface area contributed by atoms with Gasteiger partial charge in [-0.2, -0.15) is 0 Å². The Balaban J connectivity index is 1.09. The van der Waals surface area contributed by atoms with Gasteiger partial charge in [-0.3, -0.25) is 0 Å². The van der Waals surface area contributed by atoms with Crippen LogP contribution in [0.25, 0.3) is 58.4 Å². The average Bonchev–Trinajstić information content (AvgIpc) is 3.78. The van der Waals surface area contributed by atoms with Gasteiger partial charge in [-0.25, -0.2) is 0 Å². The standard InChI is InChI=1S/C52H35N3S/c1-4-17-38(18-5-1)53(43-28-30-51-48(34-43)47-31-36-15-10-11-16-37(36)32-52(47)56-51)41-23-14-24-42(33-41)54(39-19-6-2-7-20-39)44-27-29-46-45-25-12-13-26-49(45)55(50(46)35-44)40-21-8-3-9-22-40/h1-35H. The van der Waals surface area contributed by atoms with E-state index in [-0.39, 0.29) is 0 Å². The number of fused-ring (bicyclic) bond motifs is 7.